The van der Waals surface area contributed by atoms with Crippen LogP contribution in [0.25, 0.3) is 0 Å². The van der Waals surface area contributed by atoms with E-state index < -0.39 is 74.6 Å². The molecule has 39 heavy (non-hydrogen) atoms. The van der Waals surface area contributed by atoms with Crippen LogP contribution in [0.15, 0.2) is 0 Å². The number of carbonyl (C=O) groups excluding carboxylic acids is 1. The zero-order valence-electron chi connectivity index (χ0n) is 23.1. The maximum atomic E-state index is 12.1. The Bertz CT molecular complexity index is 663. The first kappa shape index (κ1) is 34.4. The second-order valence-electron chi connectivity index (χ2n) is 10.6. The first-order valence-corrected chi connectivity index (χ1v) is 14.5. The molecule has 0 spiro atoms. The highest BCUT2D eigenvalue weighted by molar-refractivity contribution is 5.78. The fraction of sp³-hybridized carbons (Fsp3) is 0.963. The molecule has 230 valence electrons. The minimum atomic E-state index is -1.72. The summed E-state index contributed by atoms with van der Waals surface area (Å²) < 4.78 is 21.9. The van der Waals surface area contributed by atoms with Crippen molar-refractivity contribution in [1.82, 2.24) is 0 Å². The van der Waals surface area contributed by atoms with E-state index in [0.717, 1.165) is 12.8 Å². The zero-order chi connectivity index (χ0) is 28.8. The van der Waals surface area contributed by atoms with Gasteiger partial charge in [0, 0.05) is 19.4 Å². The van der Waals surface area contributed by atoms with E-state index in [1.165, 1.54) is 38.5 Å². The number of aliphatic hydroxyl groups excluding tert-OH is 7. The van der Waals surface area contributed by atoms with Crippen LogP contribution in [0.1, 0.15) is 84.0 Å². The minimum Gasteiger partial charge on any atom is -0.394 e. The highest BCUT2D eigenvalue weighted by atomic mass is 16.7. The quantitative estimate of drug-likeness (QED) is 0.103. The molecule has 0 aromatic rings. The molecule has 2 heterocycles. The third-order valence-electron chi connectivity index (χ3n) is 7.40. The summed E-state index contributed by atoms with van der Waals surface area (Å²) in [4.78, 5) is 12.1. The Morgan fingerprint density at radius 3 is 1.79 bits per heavy atom. The molecule has 0 amide bonds. The van der Waals surface area contributed by atoms with E-state index in [2.05, 4.69) is 6.92 Å². The van der Waals surface area contributed by atoms with Crippen LogP contribution in [0.2, 0.25) is 0 Å². The fourth-order valence-electron chi connectivity index (χ4n) is 4.90. The Kier molecular flexibility index (Phi) is 16.4. The van der Waals surface area contributed by atoms with Gasteiger partial charge in [0.15, 0.2) is 12.6 Å². The number of aliphatic hydroxyl groups is 7. The molecule has 0 radical (unpaired) electrons. The Morgan fingerprint density at radius 2 is 1.18 bits per heavy atom. The van der Waals surface area contributed by atoms with E-state index in [1.807, 2.05) is 0 Å². The Morgan fingerprint density at radius 1 is 0.641 bits per heavy atom. The van der Waals surface area contributed by atoms with Crippen molar-refractivity contribution in [1.29, 1.82) is 0 Å². The molecule has 2 aliphatic rings. The van der Waals surface area contributed by atoms with Gasteiger partial charge in [-0.3, -0.25) is 4.79 Å². The molecular weight excluding hydrogens is 516 g/mol. The molecule has 2 saturated heterocycles. The van der Waals surface area contributed by atoms with Crippen molar-refractivity contribution >= 4 is 5.78 Å². The Hall–Kier alpha value is -0.770. The highest BCUT2D eigenvalue weighted by Crippen LogP contribution is 2.29. The molecule has 0 aromatic heterocycles. The summed E-state index contributed by atoms with van der Waals surface area (Å²) in [5.74, 6) is 0.221. The van der Waals surface area contributed by atoms with Gasteiger partial charge in [-0.15, -0.1) is 0 Å². The summed E-state index contributed by atoms with van der Waals surface area (Å²) in [5.41, 5.74) is 0. The van der Waals surface area contributed by atoms with Crippen LogP contribution in [0.5, 0.6) is 0 Å². The van der Waals surface area contributed by atoms with Crippen LogP contribution < -0.4 is 0 Å². The van der Waals surface area contributed by atoms with Gasteiger partial charge in [0.25, 0.3) is 0 Å². The topological polar surface area (TPSA) is 196 Å². The number of Topliss-reactive ketones (excluding diaryl/α,β-unsaturated/α-hetero) is 1. The van der Waals surface area contributed by atoms with Crippen molar-refractivity contribution in [3.05, 3.63) is 0 Å². The number of ketones is 1. The summed E-state index contributed by atoms with van der Waals surface area (Å²) in [6, 6.07) is 0. The number of carbonyl (C=O) groups is 1. The standard InChI is InChI=1S/C27H50O12/c1-2-3-4-5-6-7-8-9-12-17(30)13-10-11-14-36-26-24(35)22(33)25(19(16-29)38-26)39-27-23(34)21(32)20(31)18(15-28)37-27/h18-29,31-35H,2-16H2,1H3/t18?,19?,20-,21?,22?,23+,24+,25-,26-,27-/m0/s1. The van der Waals surface area contributed by atoms with E-state index in [1.54, 1.807) is 0 Å². The van der Waals surface area contributed by atoms with Crippen molar-refractivity contribution in [2.24, 2.45) is 0 Å². The van der Waals surface area contributed by atoms with Gasteiger partial charge in [0.1, 0.15) is 54.6 Å². The molecule has 12 nitrogen and oxygen atoms in total. The normalized spacial score (nSPS) is 35.3. The number of hydrogen-bond donors (Lipinski definition) is 7. The van der Waals surface area contributed by atoms with Gasteiger partial charge in [-0.2, -0.15) is 0 Å². The van der Waals surface area contributed by atoms with Crippen LogP contribution in [-0.4, -0.2) is 123 Å². The predicted molar refractivity (Wildman–Crippen MR) is 138 cm³/mol. The molecule has 0 aromatic carbocycles. The van der Waals surface area contributed by atoms with Gasteiger partial charge in [0.05, 0.1) is 13.2 Å². The van der Waals surface area contributed by atoms with E-state index in [-0.39, 0.29) is 12.4 Å². The monoisotopic (exact) mass is 566 g/mol. The van der Waals surface area contributed by atoms with Crippen LogP contribution in [0, 0.1) is 0 Å². The maximum Gasteiger partial charge on any atom is 0.187 e. The highest BCUT2D eigenvalue weighted by Gasteiger charge is 2.50. The first-order chi connectivity index (χ1) is 18.7. The van der Waals surface area contributed by atoms with Gasteiger partial charge in [0.2, 0.25) is 0 Å². The van der Waals surface area contributed by atoms with Crippen molar-refractivity contribution in [2.45, 2.75) is 145 Å². The maximum absolute atomic E-state index is 12.1. The van der Waals surface area contributed by atoms with Gasteiger partial charge < -0.3 is 54.7 Å². The van der Waals surface area contributed by atoms with Crippen LogP contribution in [0.4, 0.5) is 0 Å². The molecule has 10 atom stereocenters. The summed E-state index contributed by atoms with van der Waals surface area (Å²) in [6.07, 6.45) is -3.12. The van der Waals surface area contributed by atoms with Crippen LogP contribution in [0.3, 0.4) is 0 Å². The summed E-state index contributed by atoms with van der Waals surface area (Å²) >= 11 is 0. The Labute approximate surface area is 230 Å². The first-order valence-electron chi connectivity index (χ1n) is 14.5. The minimum absolute atomic E-state index is 0.163. The number of ether oxygens (including phenoxy) is 4. The van der Waals surface area contributed by atoms with E-state index in [9.17, 15) is 40.5 Å². The van der Waals surface area contributed by atoms with E-state index >= 15 is 0 Å². The van der Waals surface area contributed by atoms with Crippen LogP contribution in [-0.2, 0) is 23.7 Å². The van der Waals surface area contributed by atoms with Crippen molar-refractivity contribution in [2.75, 3.05) is 19.8 Å². The SMILES string of the molecule is CCCCCCCCCCC(=O)CCCCO[C@H]1OC(CO)[C@H](O[C@@H]2OC(CO)[C@H](O)C(O)[C@H]2O)C(O)[C@H]1O. The van der Waals surface area contributed by atoms with Gasteiger partial charge >= 0.3 is 0 Å². The molecule has 2 aliphatic heterocycles. The summed E-state index contributed by atoms with van der Waals surface area (Å²) in [5, 5.41) is 70.3. The lowest BCUT2D eigenvalue weighted by molar-refractivity contribution is -0.359. The third-order valence-corrected chi connectivity index (χ3v) is 7.40. The largest absolute Gasteiger partial charge is 0.394 e. The smallest absolute Gasteiger partial charge is 0.187 e. The molecule has 12 heteroatoms. The predicted octanol–water partition coefficient (Wildman–Crippen LogP) is -0.103. The molecule has 0 bridgehead atoms. The fourth-order valence-corrected chi connectivity index (χ4v) is 4.90. The van der Waals surface area contributed by atoms with Gasteiger partial charge in [-0.1, -0.05) is 51.9 Å². The van der Waals surface area contributed by atoms with Crippen molar-refractivity contribution in [3.8, 4) is 0 Å². The molecule has 4 unspecified atom stereocenters. The van der Waals surface area contributed by atoms with Crippen LogP contribution >= 0.6 is 0 Å². The van der Waals surface area contributed by atoms with Gasteiger partial charge in [-0.05, 0) is 19.3 Å². The second-order valence-corrected chi connectivity index (χ2v) is 10.6. The molecule has 0 aliphatic carbocycles. The average molecular weight is 567 g/mol. The number of rotatable bonds is 19. The number of unbranched alkanes of at least 4 members (excludes halogenated alkanes) is 8. The summed E-state index contributed by atoms with van der Waals surface area (Å²) in [7, 11) is 0. The number of hydrogen-bond acceptors (Lipinski definition) is 12. The zero-order valence-corrected chi connectivity index (χ0v) is 23.1. The van der Waals surface area contributed by atoms with E-state index in [0.29, 0.717) is 25.7 Å². The molecule has 2 fully saturated rings. The van der Waals surface area contributed by atoms with E-state index in [4.69, 9.17) is 18.9 Å². The van der Waals surface area contributed by atoms with Crippen molar-refractivity contribution in [3.63, 3.8) is 0 Å². The molecule has 0 saturated carbocycles. The average Bonchev–Trinajstić information content (AvgIpc) is 2.93. The Balaban J connectivity index is 1.68. The van der Waals surface area contributed by atoms with Crippen molar-refractivity contribution < 1.29 is 59.5 Å². The molecule has 2 rings (SSSR count). The lowest BCUT2D eigenvalue weighted by Crippen LogP contribution is -2.64. The molecular formula is C27H50O12. The second kappa shape index (κ2) is 18.6. The lowest BCUT2D eigenvalue weighted by Gasteiger charge is -2.45. The third kappa shape index (κ3) is 10.9. The van der Waals surface area contributed by atoms with Gasteiger partial charge in [-0.25, -0.2) is 0 Å². The summed E-state index contributed by atoms with van der Waals surface area (Å²) in [6.45, 7) is 1.07. The molecule has 7 N–H and O–H groups in total. The lowest BCUT2D eigenvalue weighted by atomic mass is 9.97.